The fraction of sp³-hybridized carbons (Fsp3) is 0.702. The number of nitrogens with two attached hydrogens (primary N) is 5. The predicted octanol–water partition coefficient (Wildman–Crippen LogP) is -3.83. The van der Waals surface area contributed by atoms with Crippen molar-refractivity contribution < 1.29 is 57.8 Å². The lowest BCUT2D eigenvalue weighted by atomic mass is 10.00. The van der Waals surface area contributed by atoms with Crippen molar-refractivity contribution in [1.82, 2.24) is 58.5 Å². The number of amides is 11. The van der Waals surface area contributed by atoms with Crippen LogP contribution in [-0.2, 0) is 59.2 Å². The second-order valence-corrected chi connectivity index (χ2v) is 22.2. The quantitative estimate of drug-likeness (QED) is 0.0328. The lowest BCUT2D eigenvalue weighted by Crippen LogP contribution is -2.62. The van der Waals surface area contributed by atoms with Gasteiger partial charge in [0, 0.05) is 19.4 Å². The van der Waals surface area contributed by atoms with Gasteiger partial charge in [0.2, 0.25) is 65.0 Å². The number of nitrogens with one attached hydrogen (secondary N) is 11. The van der Waals surface area contributed by atoms with Crippen LogP contribution >= 0.6 is 0 Å². The Labute approximate surface area is 499 Å². The molecule has 12 atom stereocenters. The average molecular weight is 1200 g/mol. The van der Waals surface area contributed by atoms with Gasteiger partial charge in [0.25, 0.3) is 0 Å². The number of carbonyl (C=O) groups is 11. The van der Waals surface area contributed by atoms with Crippen LogP contribution in [-0.4, -0.2) is 176 Å². The van der Waals surface area contributed by atoms with E-state index in [1.54, 1.807) is 51.1 Å². The van der Waals surface area contributed by atoms with Crippen molar-refractivity contribution in [1.29, 1.82) is 0 Å². The van der Waals surface area contributed by atoms with Gasteiger partial charge in [-0.05, 0) is 115 Å². The fourth-order valence-electron chi connectivity index (χ4n) is 9.30. The molecule has 1 heterocycles. The second-order valence-electron chi connectivity index (χ2n) is 22.2. The van der Waals surface area contributed by atoms with Gasteiger partial charge in [-0.3, -0.25) is 52.7 Å². The van der Waals surface area contributed by atoms with Gasteiger partial charge in [0.05, 0.1) is 6.10 Å². The average Bonchev–Trinajstić information content (AvgIpc) is 3.62. The van der Waals surface area contributed by atoms with Crippen molar-refractivity contribution in [3.8, 4) is 0 Å². The summed E-state index contributed by atoms with van der Waals surface area (Å²) in [6, 6.07) is -5.26. The Bertz CT molecular complexity index is 2300. The molecular formula is C57H100N16O12. The molecule has 1 fully saturated rings. The summed E-state index contributed by atoms with van der Waals surface area (Å²) in [6.45, 7) is 9.92. The molecule has 11 amide bonds. The molecule has 22 N–H and O–H groups in total. The molecule has 28 nitrogen and oxygen atoms in total. The first kappa shape index (κ1) is 74.3. The molecule has 1 aromatic rings. The Morgan fingerprint density at radius 3 is 1.53 bits per heavy atom. The second kappa shape index (κ2) is 40.5. The van der Waals surface area contributed by atoms with E-state index in [9.17, 15) is 57.8 Å². The molecule has 0 saturated carbocycles. The van der Waals surface area contributed by atoms with Crippen LogP contribution in [0.5, 0.6) is 0 Å². The lowest BCUT2D eigenvalue weighted by molar-refractivity contribution is -0.137. The Morgan fingerprint density at radius 1 is 0.553 bits per heavy atom. The standard InChI is InChI=1S/C57H100N16O12/c1-7-14-37-48(76)63-30-24-43(69-51(79)42(23-29-62)70-57(85)47(35(6)74)73-54(82)38(19-25-58)64-46(75)18-13-12-15-34(5)8-2)53(81)67-41(22-28-61)52(80)72-45(32-36-16-10-9-11-17-36)56(84)71-44(31-33(3)4)55(83)68-40(21-27-60)50(78)66-39(20-26-59)49(77)65-37/h9-11,16-17,33-35,37-45,47,74H,7-8,12-15,18-32,58-62H2,1-6H3,(H,63,76)(H,64,75)(H,65,77)(H,66,78)(H,67,81)(H,68,83)(H,69,79)(H,70,85)(H,71,84)(H,72,80)(H,73,82)/t34-,35+,37-,38-,39-,40-,41-,42-,43-,44-,45+,47-/m0/s1. The zero-order valence-corrected chi connectivity index (χ0v) is 50.6. The van der Waals surface area contributed by atoms with Crippen molar-refractivity contribution in [2.75, 3.05) is 39.3 Å². The highest BCUT2D eigenvalue weighted by Gasteiger charge is 2.37. The first-order valence-electron chi connectivity index (χ1n) is 30.0. The van der Waals surface area contributed by atoms with E-state index in [2.05, 4.69) is 72.3 Å². The molecule has 0 aromatic heterocycles. The van der Waals surface area contributed by atoms with Gasteiger partial charge in [-0.15, -0.1) is 0 Å². The van der Waals surface area contributed by atoms with Gasteiger partial charge in [0.1, 0.15) is 60.4 Å². The minimum absolute atomic E-state index is 0.00381. The highest BCUT2D eigenvalue weighted by molar-refractivity contribution is 5.99. The Kier molecular flexibility index (Phi) is 35.3. The molecule has 1 saturated heterocycles. The Hall–Kier alpha value is -6.85. The molecular weight excluding hydrogens is 1100 g/mol. The zero-order valence-electron chi connectivity index (χ0n) is 50.6. The first-order chi connectivity index (χ1) is 40.5. The van der Waals surface area contributed by atoms with Gasteiger partial charge in [-0.1, -0.05) is 90.6 Å². The van der Waals surface area contributed by atoms with E-state index < -0.39 is 132 Å². The summed E-state index contributed by atoms with van der Waals surface area (Å²) in [5.74, 6) is -8.67. The van der Waals surface area contributed by atoms with Gasteiger partial charge in [0.15, 0.2) is 0 Å². The maximum atomic E-state index is 14.6. The van der Waals surface area contributed by atoms with E-state index >= 15 is 0 Å². The lowest BCUT2D eigenvalue weighted by Gasteiger charge is -2.29. The van der Waals surface area contributed by atoms with Crippen LogP contribution in [0.3, 0.4) is 0 Å². The monoisotopic (exact) mass is 1200 g/mol. The Morgan fingerprint density at radius 2 is 1.04 bits per heavy atom. The van der Waals surface area contributed by atoms with E-state index in [-0.39, 0.29) is 109 Å². The van der Waals surface area contributed by atoms with E-state index in [0.29, 0.717) is 24.3 Å². The number of rotatable bonds is 30. The molecule has 2 rings (SSSR count). The third-order valence-corrected chi connectivity index (χ3v) is 14.4. The predicted molar refractivity (Wildman–Crippen MR) is 319 cm³/mol. The minimum atomic E-state index is -1.68. The number of carbonyl (C=O) groups excluding carboxylic acids is 11. The number of unbranched alkanes of at least 4 members (excludes halogenated alkanes) is 1. The third-order valence-electron chi connectivity index (χ3n) is 14.4. The zero-order chi connectivity index (χ0) is 63.6. The number of hydrogen-bond acceptors (Lipinski definition) is 17. The molecule has 0 bridgehead atoms. The Balaban J connectivity index is 2.67. The summed E-state index contributed by atoms with van der Waals surface area (Å²) in [4.78, 5) is 154. The molecule has 85 heavy (non-hydrogen) atoms. The van der Waals surface area contributed by atoms with Crippen LogP contribution in [0.1, 0.15) is 137 Å². The molecule has 0 spiro atoms. The topological polar surface area (TPSA) is 470 Å². The van der Waals surface area contributed by atoms with E-state index in [1.165, 1.54) is 6.92 Å². The molecule has 0 unspecified atom stereocenters. The molecule has 1 aliphatic heterocycles. The van der Waals surface area contributed by atoms with Crippen LogP contribution in [0.4, 0.5) is 0 Å². The van der Waals surface area contributed by atoms with Crippen molar-refractivity contribution in [3.63, 3.8) is 0 Å². The van der Waals surface area contributed by atoms with Crippen LogP contribution < -0.4 is 87.2 Å². The van der Waals surface area contributed by atoms with Crippen molar-refractivity contribution in [2.24, 2.45) is 40.5 Å². The van der Waals surface area contributed by atoms with E-state index in [1.807, 2.05) is 0 Å². The first-order valence-corrected chi connectivity index (χ1v) is 30.0. The molecule has 0 aliphatic carbocycles. The number of aliphatic hydroxyl groups is 1. The molecule has 0 radical (unpaired) electrons. The summed E-state index contributed by atoms with van der Waals surface area (Å²) >= 11 is 0. The number of benzene rings is 1. The van der Waals surface area contributed by atoms with E-state index in [0.717, 1.165) is 19.3 Å². The van der Waals surface area contributed by atoms with Crippen LogP contribution in [0, 0.1) is 11.8 Å². The maximum Gasteiger partial charge on any atom is 0.245 e. The summed E-state index contributed by atoms with van der Waals surface area (Å²) in [5, 5.41) is 39.7. The SMILES string of the molecule is CCC[C@@H]1NC(=O)[C@H](CCN)NC(=O)[C@H](CCN)NC(=O)[C@H](CC(C)C)NC(=O)[C@@H](Cc2ccccc2)NC(=O)[C@H](CCN)NC(=O)[C@@H](NC(=O)[C@H](CCN)NC(=O)[C@@H](NC(=O)[C@H](CCN)NC(=O)CCCC[C@@H](C)CC)[C@@H](C)O)CCNC1=O. The summed E-state index contributed by atoms with van der Waals surface area (Å²) < 4.78 is 0. The van der Waals surface area contributed by atoms with Crippen LogP contribution in [0.25, 0.3) is 0 Å². The fourth-order valence-corrected chi connectivity index (χ4v) is 9.30. The highest BCUT2D eigenvalue weighted by atomic mass is 16.3. The maximum absolute atomic E-state index is 14.6. The van der Waals surface area contributed by atoms with Gasteiger partial charge >= 0.3 is 0 Å². The molecule has 1 aromatic carbocycles. The molecule has 480 valence electrons. The third kappa shape index (κ3) is 27.4. The largest absolute Gasteiger partial charge is 0.391 e. The van der Waals surface area contributed by atoms with Crippen molar-refractivity contribution >= 4 is 65.0 Å². The van der Waals surface area contributed by atoms with E-state index in [4.69, 9.17) is 28.7 Å². The smallest absolute Gasteiger partial charge is 0.245 e. The summed E-state index contributed by atoms with van der Waals surface area (Å²) in [5.41, 5.74) is 30.1. The summed E-state index contributed by atoms with van der Waals surface area (Å²) in [6.07, 6.45) is 1.42. The highest BCUT2D eigenvalue weighted by Crippen LogP contribution is 2.14. The summed E-state index contributed by atoms with van der Waals surface area (Å²) in [7, 11) is 0. The van der Waals surface area contributed by atoms with Gasteiger partial charge in [-0.2, -0.15) is 0 Å². The van der Waals surface area contributed by atoms with Crippen LogP contribution in [0.15, 0.2) is 30.3 Å². The molecule has 28 heteroatoms. The van der Waals surface area contributed by atoms with Gasteiger partial charge in [-0.25, -0.2) is 0 Å². The minimum Gasteiger partial charge on any atom is -0.391 e. The molecule has 1 aliphatic rings. The van der Waals surface area contributed by atoms with Crippen molar-refractivity contribution in [2.45, 2.75) is 204 Å². The van der Waals surface area contributed by atoms with Gasteiger partial charge < -0.3 is 92.3 Å². The van der Waals surface area contributed by atoms with Crippen molar-refractivity contribution in [3.05, 3.63) is 35.9 Å². The van der Waals surface area contributed by atoms with Crippen LogP contribution in [0.2, 0.25) is 0 Å². The number of hydrogen-bond donors (Lipinski definition) is 17. The normalized spacial score (nSPS) is 22.5. The number of aliphatic hydroxyl groups excluding tert-OH is 1.